The van der Waals surface area contributed by atoms with Crippen molar-refractivity contribution >= 4 is 11.9 Å². The highest BCUT2D eigenvalue weighted by atomic mass is 16.5. The number of nitrogens with one attached hydrogen (secondary N) is 2. The fourth-order valence-corrected chi connectivity index (χ4v) is 3.32. The van der Waals surface area contributed by atoms with E-state index in [2.05, 4.69) is 10.3 Å². The SMILES string of the molecule is COc1ccc(-c2cc(-c3ccccc3)[nH]c2C(=O)NCOC(=O)c2ccccc2)cc1. The van der Waals surface area contributed by atoms with Crippen molar-refractivity contribution in [3.05, 3.63) is 102 Å². The fourth-order valence-electron chi connectivity index (χ4n) is 3.32. The summed E-state index contributed by atoms with van der Waals surface area (Å²) in [5, 5.41) is 2.66. The molecule has 32 heavy (non-hydrogen) atoms. The van der Waals surface area contributed by atoms with Crippen molar-refractivity contribution in [2.45, 2.75) is 0 Å². The summed E-state index contributed by atoms with van der Waals surface area (Å²) in [6.45, 7) is -0.242. The highest BCUT2D eigenvalue weighted by molar-refractivity contribution is 6.01. The summed E-state index contributed by atoms with van der Waals surface area (Å²) in [7, 11) is 1.61. The van der Waals surface area contributed by atoms with E-state index in [9.17, 15) is 9.59 Å². The molecule has 1 amide bonds. The summed E-state index contributed by atoms with van der Waals surface area (Å²) < 4.78 is 10.4. The van der Waals surface area contributed by atoms with E-state index in [4.69, 9.17) is 9.47 Å². The molecule has 0 aliphatic heterocycles. The van der Waals surface area contributed by atoms with E-state index in [1.807, 2.05) is 66.7 Å². The average molecular weight is 426 g/mol. The van der Waals surface area contributed by atoms with Crippen LogP contribution in [0, 0.1) is 0 Å². The molecule has 3 aromatic carbocycles. The zero-order chi connectivity index (χ0) is 22.3. The Bertz CT molecular complexity index is 1200. The lowest BCUT2D eigenvalue weighted by Gasteiger charge is -2.08. The summed E-state index contributed by atoms with van der Waals surface area (Å²) in [4.78, 5) is 28.3. The van der Waals surface area contributed by atoms with Crippen LogP contribution in [0.4, 0.5) is 0 Å². The predicted octanol–water partition coefficient (Wildman–Crippen LogP) is 4.90. The molecule has 160 valence electrons. The summed E-state index contributed by atoms with van der Waals surface area (Å²) in [6, 6.07) is 27.8. The molecule has 0 radical (unpaired) electrons. The number of benzene rings is 3. The Hall–Kier alpha value is -4.32. The molecule has 2 N–H and O–H groups in total. The Labute approximate surface area is 185 Å². The summed E-state index contributed by atoms with van der Waals surface area (Å²) in [5.74, 6) is -0.150. The van der Waals surface area contributed by atoms with Gasteiger partial charge >= 0.3 is 5.97 Å². The van der Waals surface area contributed by atoms with E-state index in [1.165, 1.54) is 0 Å². The number of hydrogen-bond acceptors (Lipinski definition) is 4. The molecule has 0 bridgehead atoms. The number of ether oxygens (including phenoxy) is 2. The van der Waals surface area contributed by atoms with Crippen molar-refractivity contribution in [2.75, 3.05) is 13.8 Å². The lowest BCUT2D eigenvalue weighted by Crippen LogP contribution is -2.28. The van der Waals surface area contributed by atoms with Crippen LogP contribution in [0.5, 0.6) is 5.75 Å². The van der Waals surface area contributed by atoms with Crippen LogP contribution in [0.2, 0.25) is 0 Å². The Kier molecular flexibility index (Phi) is 6.32. The van der Waals surface area contributed by atoms with Crippen molar-refractivity contribution in [3.63, 3.8) is 0 Å². The van der Waals surface area contributed by atoms with Crippen LogP contribution in [0.15, 0.2) is 91.0 Å². The van der Waals surface area contributed by atoms with Gasteiger partial charge in [0, 0.05) is 11.3 Å². The Morgan fingerprint density at radius 1 is 0.844 bits per heavy atom. The Morgan fingerprint density at radius 2 is 1.50 bits per heavy atom. The molecule has 0 atom stereocenters. The maximum Gasteiger partial charge on any atom is 0.339 e. The fraction of sp³-hybridized carbons (Fsp3) is 0.0769. The van der Waals surface area contributed by atoms with Crippen LogP contribution in [0.1, 0.15) is 20.8 Å². The van der Waals surface area contributed by atoms with E-state index < -0.39 is 5.97 Å². The monoisotopic (exact) mass is 426 g/mol. The number of esters is 1. The number of H-pyrrole nitrogens is 1. The lowest BCUT2D eigenvalue weighted by molar-refractivity contribution is 0.0463. The predicted molar refractivity (Wildman–Crippen MR) is 122 cm³/mol. The first-order valence-electron chi connectivity index (χ1n) is 10.1. The molecular formula is C26H22N2O4. The van der Waals surface area contributed by atoms with Gasteiger partial charge in [0.1, 0.15) is 11.4 Å². The van der Waals surface area contributed by atoms with Gasteiger partial charge in [-0.05, 0) is 41.5 Å². The minimum absolute atomic E-state index is 0.242. The third-order valence-electron chi connectivity index (χ3n) is 4.98. The zero-order valence-corrected chi connectivity index (χ0v) is 17.5. The number of carbonyl (C=O) groups excluding carboxylic acids is 2. The van der Waals surface area contributed by atoms with Crippen molar-refractivity contribution < 1.29 is 19.1 Å². The summed E-state index contributed by atoms with van der Waals surface area (Å²) in [5.41, 5.74) is 4.16. The number of aromatic nitrogens is 1. The Morgan fingerprint density at radius 3 is 2.16 bits per heavy atom. The minimum atomic E-state index is -0.502. The van der Waals surface area contributed by atoms with Gasteiger partial charge in [-0.3, -0.25) is 4.79 Å². The van der Waals surface area contributed by atoms with Crippen LogP contribution in [-0.4, -0.2) is 30.7 Å². The molecule has 4 aromatic rings. The third kappa shape index (κ3) is 4.70. The lowest BCUT2D eigenvalue weighted by atomic mass is 10.0. The van der Waals surface area contributed by atoms with Gasteiger partial charge in [0.05, 0.1) is 12.7 Å². The van der Waals surface area contributed by atoms with Gasteiger partial charge in [0.2, 0.25) is 0 Å². The maximum atomic E-state index is 13.0. The number of hydrogen-bond donors (Lipinski definition) is 2. The van der Waals surface area contributed by atoms with Gasteiger partial charge in [-0.1, -0.05) is 60.7 Å². The first-order valence-corrected chi connectivity index (χ1v) is 10.1. The minimum Gasteiger partial charge on any atom is -0.497 e. The van der Waals surface area contributed by atoms with E-state index >= 15 is 0 Å². The molecule has 0 unspecified atom stereocenters. The van der Waals surface area contributed by atoms with E-state index in [0.29, 0.717) is 11.3 Å². The van der Waals surface area contributed by atoms with Gasteiger partial charge in [-0.25, -0.2) is 4.79 Å². The van der Waals surface area contributed by atoms with Crippen molar-refractivity contribution in [1.82, 2.24) is 10.3 Å². The maximum absolute atomic E-state index is 13.0. The number of rotatable bonds is 7. The zero-order valence-electron chi connectivity index (χ0n) is 17.5. The molecule has 0 saturated carbocycles. The average Bonchev–Trinajstić information content (AvgIpc) is 3.31. The molecule has 0 aliphatic rings. The topological polar surface area (TPSA) is 80.4 Å². The quantitative estimate of drug-likeness (QED) is 0.325. The van der Waals surface area contributed by atoms with Crippen LogP contribution < -0.4 is 10.1 Å². The number of methoxy groups -OCH3 is 1. The van der Waals surface area contributed by atoms with E-state index in [-0.39, 0.29) is 12.6 Å². The molecule has 1 heterocycles. The molecule has 0 spiro atoms. The van der Waals surface area contributed by atoms with Crippen LogP contribution in [0.3, 0.4) is 0 Å². The molecular weight excluding hydrogens is 404 g/mol. The van der Waals surface area contributed by atoms with Gasteiger partial charge in [-0.15, -0.1) is 0 Å². The smallest absolute Gasteiger partial charge is 0.339 e. The van der Waals surface area contributed by atoms with Crippen LogP contribution in [0.25, 0.3) is 22.4 Å². The molecule has 4 rings (SSSR count). The molecule has 0 aliphatic carbocycles. The molecule has 6 heteroatoms. The number of carbonyl (C=O) groups is 2. The number of aromatic amines is 1. The standard InChI is InChI=1S/C26H22N2O4/c1-31-21-14-12-18(13-15-21)22-16-23(19-8-4-2-5-9-19)28-24(22)25(29)27-17-32-26(30)20-10-6-3-7-11-20/h2-16,28H,17H2,1H3,(H,27,29). The first-order chi connectivity index (χ1) is 15.7. The van der Waals surface area contributed by atoms with E-state index in [1.54, 1.807) is 31.4 Å². The molecule has 6 nitrogen and oxygen atoms in total. The highest BCUT2D eigenvalue weighted by Gasteiger charge is 2.18. The van der Waals surface area contributed by atoms with Crippen molar-refractivity contribution in [2.24, 2.45) is 0 Å². The van der Waals surface area contributed by atoms with Gasteiger partial charge in [-0.2, -0.15) is 0 Å². The van der Waals surface area contributed by atoms with Crippen molar-refractivity contribution in [3.8, 4) is 28.1 Å². The highest BCUT2D eigenvalue weighted by Crippen LogP contribution is 2.31. The molecule has 0 saturated heterocycles. The van der Waals surface area contributed by atoms with Gasteiger partial charge < -0.3 is 19.8 Å². The van der Waals surface area contributed by atoms with Crippen LogP contribution in [-0.2, 0) is 4.74 Å². The normalized spacial score (nSPS) is 10.4. The summed E-state index contributed by atoms with van der Waals surface area (Å²) >= 11 is 0. The Balaban J connectivity index is 1.56. The molecule has 0 fully saturated rings. The summed E-state index contributed by atoms with van der Waals surface area (Å²) in [6.07, 6.45) is 0. The largest absolute Gasteiger partial charge is 0.497 e. The third-order valence-corrected chi connectivity index (χ3v) is 4.98. The van der Waals surface area contributed by atoms with Gasteiger partial charge in [0.25, 0.3) is 5.91 Å². The van der Waals surface area contributed by atoms with E-state index in [0.717, 1.165) is 28.1 Å². The number of amides is 1. The van der Waals surface area contributed by atoms with Crippen molar-refractivity contribution in [1.29, 1.82) is 0 Å². The second kappa shape index (κ2) is 9.66. The molecule has 1 aromatic heterocycles. The van der Waals surface area contributed by atoms with Gasteiger partial charge in [0.15, 0.2) is 6.73 Å². The second-order valence-electron chi connectivity index (χ2n) is 7.01. The van der Waals surface area contributed by atoms with Crippen LogP contribution >= 0.6 is 0 Å². The first kappa shape index (κ1) is 20.9. The second-order valence-corrected chi connectivity index (χ2v) is 7.01.